The van der Waals surface area contributed by atoms with Crippen LogP contribution in [0.4, 0.5) is 10.1 Å². The number of rotatable bonds is 5. The highest BCUT2D eigenvalue weighted by Gasteiger charge is 2.21. The molecular weight excluding hydrogens is 361 g/mol. The van der Waals surface area contributed by atoms with E-state index in [2.05, 4.69) is 10.3 Å². The van der Waals surface area contributed by atoms with Crippen molar-refractivity contribution < 1.29 is 9.18 Å². The van der Waals surface area contributed by atoms with E-state index < -0.39 is 5.82 Å². The molecule has 1 aromatic carbocycles. The first kappa shape index (κ1) is 17.8. The van der Waals surface area contributed by atoms with Crippen LogP contribution < -0.4 is 5.32 Å². The number of aromatic nitrogens is 2. The Morgan fingerprint density at radius 2 is 1.93 bits per heavy atom. The van der Waals surface area contributed by atoms with E-state index in [0.29, 0.717) is 15.8 Å². The number of carbonyl (C=O) groups is 1. The maximum Gasteiger partial charge on any atom is 0.258 e. The largest absolute Gasteiger partial charge is 0.324 e. The molecule has 4 rings (SSSR count). The van der Waals surface area contributed by atoms with Crippen LogP contribution >= 0.6 is 11.8 Å². The summed E-state index contributed by atoms with van der Waals surface area (Å²) >= 11 is 1.65. The lowest BCUT2D eigenvalue weighted by atomic mass is 10.2. The molecule has 0 radical (unpaired) electrons. The molecule has 0 unspecified atom stereocenters. The van der Waals surface area contributed by atoms with Gasteiger partial charge in [0.05, 0.1) is 11.3 Å². The predicted molar refractivity (Wildman–Crippen MR) is 106 cm³/mol. The van der Waals surface area contributed by atoms with Crippen LogP contribution in [0.3, 0.4) is 0 Å². The van der Waals surface area contributed by atoms with Crippen LogP contribution in [0.25, 0.3) is 5.69 Å². The monoisotopic (exact) mass is 381 g/mol. The molecule has 1 saturated carbocycles. The first-order valence-corrected chi connectivity index (χ1v) is 9.94. The van der Waals surface area contributed by atoms with Crippen LogP contribution in [0.15, 0.2) is 66.1 Å². The Hall–Kier alpha value is -2.60. The van der Waals surface area contributed by atoms with Gasteiger partial charge < -0.3 is 9.88 Å². The number of hydrogen-bond donors (Lipinski definition) is 1. The number of halogens is 1. The summed E-state index contributed by atoms with van der Waals surface area (Å²) in [5.74, 6) is -0.805. The lowest BCUT2D eigenvalue weighted by Gasteiger charge is -2.13. The van der Waals surface area contributed by atoms with E-state index in [1.807, 2.05) is 29.1 Å². The fraction of sp³-hybridized carbons (Fsp3) is 0.238. The molecule has 0 aliphatic heterocycles. The number of carbonyl (C=O) groups excluding carboxylic acids is 1. The van der Waals surface area contributed by atoms with Gasteiger partial charge >= 0.3 is 0 Å². The topological polar surface area (TPSA) is 46.9 Å². The van der Waals surface area contributed by atoms with Gasteiger partial charge in [-0.1, -0.05) is 12.8 Å². The lowest BCUT2D eigenvalue weighted by molar-refractivity contribution is 0.102. The first-order valence-electron chi connectivity index (χ1n) is 9.06. The third-order valence-corrected chi connectivity index (χ3v) is 6.05. The molecule has 6 heteroatoms. The van der Waals surface area contributed by atoms with Crippen LogP contribution in [0.5, 0.6) is 0 Å². The quantitative estimate of drug-likeness (QED) is 0.652. The molecule has 0 bridgehead atoms. The van der Waals surface area contributed by atoms with Crippen molar-refractivity contribution in [3.8, 4) is 5.69 Å². The van der Waals surface area contributed by atoms with E-state index in [1.165, 1.54) is 18.9 Å². The van der Waals surface area contributed by atoms with Gasteiger partial charge in [-0.2, -0.15) is 0 Å². The van der Waals surface area contributed by atoms with E-state index in [0.717, 1.165) is 18.5 Å². The highest BCUT2D eigenvalue weighted by atomic mass is 32.2. The molecule has 0 spiro atoms. The minimum absolute atomic E-state index is 0.159. The van der Waals surface area contributed by atoms with Crippen molar-refractivity contribution in [2.75, 3.05) is 5.32 Å². The van der Waals surface area contributed by atoms with Gasteiger partial charge in [0.1, 0.15) is 10.8 Å². The molecule has 3 aromatic rings. The van der Waals surface area contributed by atoms with Gasteiger partial charge in [-0.25, -0.2) is 9.37 Å². The number of hydrogen-bond acceptors (Lipinski definition) is 3. The Morgan fingerprint density at radius 3 is 2.70 bits per heavy atom. The predicted octanol–water partition coefficient (Wildman–Crippen LogP) is 5.30. The Kier molecular flexibility index (Phi) is 5.25. The Balaban J connectivity index is 1.57. The second kappa shape index (κ2) is 7.96. The highest BCUT2D eigenvalue weighted by molar-refractivity contribution is 7.99. The zero-order chi connectivity index (χ0) is 18.6. The number of amides is 1. The number of nitrogens with one attached hydrogen (secondary N) is 1. The average molecular weight is 381 g/mol. The van der Waals surface area contributed by atoms with Crippen molar-refractivity contribution in [3.05, 3.63) is 72.4 Å². The minimum atomic E-state index is -0.465. The Labute approximate surface area is 161 Å². The van der Waals surface area contributed by atoms with Crippen molar-refractivity contribution in [3.63, 3.8) is 0 Å². The molecule has 2 aromatic heterocycles. The second-order valence-corrected chi connectivity index (χ2v) is 7.88. The zero-order valence-corrected chi connectivity index (χ0v) is 15.6. The van der Waals surface area contributed by atoms with E-state index in [9.17, 15) is 9.18 Å². The van der Waals surface area contributed by atoms with Crippen molar-refractivity contribution in [1.29, 1.82) is 0 Å². The SMILES string of the molecule is O=C(Nc1cc(-n2cccc2)ccc1F)c1cccnc1SC1CCCC1. The molecule has 0 atom stereocenters. The number of pyridine rings is 1. The van der Waals surface area contributed by atoms with Crippen molar-refractivity contribution in [1.82, 2.24) is 9.55 Å². The van der Waals surface area contributed by atoms with E-state index in [-0.39, 0.29) is 11.6 Å². The van der Waals surface area contributed by atoms with Gasteiger partial charge in [-0.15, -0.1) is 11.8 Å². The molecule has 1 fully saturated rings. The van der Waals surface area contributed by atoms with Crippen LogP contribution in [0.2, 0.25) is 0 Å². The maximum atomic E-state index is 14.3. The summed E-state index contributed by atoms with van der Waals surface area (Å²) < 4.78 is 16.1. The van der Waals surface area contributed by atoms with Gasteiger partial charge in [-0.05, 0) is 55.3 Å². The molecule has 0 saturated heterocycles. The van der Waals surface area contributed by atoms with Crippen molar-refractivity contribution in [2.45, 2.75) is 36.0 Å². The van der Waals surface area contributed by atoms with Gasteiger partial charge in [0.25, 0.3) is 5.91 Å². The van der Waals surface area contributed by atoms with Crippen molar-refractivity contribution >= 4 is 23.4 Å². The molecule has 4 nitrogen and oxygen atoms in total. The number of benzene rings is 1. The zero-order valence-electron chi connectivity index (χ0n) is 14.8. The number of anilines is 1. The van der Waals surface area contributed by atoms with Gasteiger partial charge in [0, 0.05) is 29.5 Å². The molecule has 1 aliphatic carbocycles. The summed E-state index contributed by atoms with van der Waals surface area (Å²) in [5.41, 5.74) is 1.43. The van der Waals surface area contributed by atoms with Crippen LogP contribution in [0.1, 0.15) is 36.0 Å². The molecule has 2 heterocycles. The summed E-state index contributed by atoms with van der Waals surface area (Å²) in [5, 5.41) is 3.93. The summed E-state index contributed by atoms with van der Waals surface area (Å²) in [6.07, 6.45) is 10.2. The molecule has 27 heavy (non-hydrogen) atoms. The van der Waals surface area contributed by atoms with E-state index in [4.69, 9.17) is 0 Å². The fourth-order valence-corrected chi connectivity index (χ4v) is 4.58. The molecule has 1 aliphatic rings. The fourth-order valence-electron chi connectivity index (χ4n) is 3.29. The third kappa shape index (κ3) is 4.06. The standard InChI is InChI=1S/C21H20FN3OS/c22-18-10-9-15(25-12-3-4-13-25)14-19(18)24-20(26)17-8-5-11-23-21(17)27-16-6-1-2-7-16/h3-5,8-14,16H,1-2,6-7H2,(H,24,26). The average Bonchev–Trinajstić information content (AvgIpc) is 3.38. The Morgan fingerprint density at radius 1 is 1.15 bits per heavy atom. The van der Waals surface area contributed by atoms with Gasteiger partial charge in [0.2, 0.25) is 0 Å². The highest BCUT2D eigenvalue weighted by Crippen LogP contribution is 2.35. The Bertz CT molecular complexity index is 936. The van der Waals surface area contributed by atoms with Crippen LogP contribution in [-0.4, -0.2) is 20.7 Å². The minimum Gasteiger partial charge on any atom is -0.324 e. The molecule has 1 N–H and O–H groups in total. The summed E-state index contributed by atoms with van der Waals surface area (Å²) in [6.45, 7) is 0. The smallest absolute Gasteiger partial charge is 0.258 e. The molecular formula is C21H20FN3OS. The molecule has 138 valence electrons. The van der Waals surface area contributed by atoms with E-state index >= 15 is 0 Å². The van der Waals surface area contributed by atoms with Crippen LogP contribution in [0, 0.1) is 5.82 Å². The first-order chi connectivity index (χ1) is 13.2. The van der Waals surface area contributed by atoms with Gasteiger partial charge in [0.15, 0.2) is 0 Å². The van der Waals surface area contributed by atoms with Crippen molar-refractivity contribution in [2.24, 2.45) is 0 Å². The second-order valence-electron chi connectivity index (χ2n) is 6.59. The molecule has 1 amide bonds. The number of thioether (sulfide) groups is 1. The summed E-state index contributed by atoms with van der Waals surface area (Å²) in [4.78, 5) is 17.2. The number of nitrogens with zero attached hydrogens (tertiary/aromatic N) is 2. The van der Waals surface area contributed by atoms with Crippen LogP contribution in [-0.2, 0) is 0 Å². The third-order valence-electron chi connectivity index (χ3n) is 4.70. The summed E-state index contributed by atoms with van der Waals surface area (Å²) in [7, 11) is 0. The normalized spacial score (nSPS) is 14.4. The van der Waals surface area contributed by atoms with Gasteiger partial charge in [-0.3, -0.25) is 4.79 Å². The summed E-state index contributed by atoms with van der Waals surface area (Å²) in [6, 6.07) is 11.9. The maximum absolute atomic E-state index is 14.3. The van der Waals surface area contributed by atoms with E-state index in [1.54, 1.807) is 42.2 Å². The lowest BCUT2D eigenvalue weighted by Crippen LogP contribution is -2.15.